The summed E-state index contributed by atoms with van der Waals surface area (Å²) < 4.78 is 1.67. The Balaban J connectivity index is 1.48. The van der Waals surface area contributed by atoms with Gasteiger partial charge in [-0.1, -0.05) is 24.0 Å². The Hall–Kier alpha value is -4.33. The predicted octanol–water partition coefficient (Wildman–Crippen LogP) is 1.85. The molecule has 4 N–H and O–H groups in total. The lowest BCUT2D eigenvalue weighted by molar-refractivity contribution is -0.137. The van der Waals surface area contributed by atoms with Crippen LogP contribution < -0.4 is 5.73 Å². The normalized spacial score (nSPS) is 17.8. The molecule has 1 fully saturated rings. The van der Waals surface area contributed by atoms with Crippen LogP contribution in [0.2, 0.25) is 0 Å². The molecule has 1 saturated heterocycles. The Morgan fingerprint density at radius 2 is 2.00 bits per heavy atom. The topological polar surface area (TPSA) is 143 Å². The molecule has 0 spiro atoms. The number of hydrogen-bond donors (Lipinski definition) is 3. The van der Waals surface area contributed by atoms with E-state index in [9.17, 15) is 15.0 Å². The maximum Gasteiger partial charge on any atom is 0.267 e. The van der Waals surface area contributed by atoms with Crippen LogP contribution in [0.1, 0.15) is 25.8 Å². The van der Waals surface area contributed by atoms with Crippen LogP contribution >= 0.6 is 0 Å². The van der Waals surface area contributed by atoms with Gasteiger partial charge >= 0.3 is 0 Å². The zero-order valence-electron chi connectivity index (χ0n) is 20.8. The number of carbonyl (C=O) groups is 1. The summed E-state index contributed by atoms with van der Waals surface area (Å²) in [5.41, 5.74) is 7.03. The fourth-order valence-corrected chi connectivity index (χ4v) is 4.27. The maximum absolute atomic E-state index is 12.2. The molecule has 1 amide bonds. The van der Waals surface area contributed by atoms with E-state index in [-0.39, 0.29) is 12.2 Å². The largest absolute Gasteiger partial charge is 0.389 e. The minimum Gasteiger partial charge on any atom is -0.389 e. The Labute approximate surface area is 213 Å². The van der Waals surface area contributed by atoms with Gasteiger partial charge in [-0.05, 0) is 26.0 Å². The number of amides is 1. The second kappa shape index (κ2) is 8.96. The smallest absolute Gasteiger partial charge is 0.267 e. The van der Waals surface area contributed by atoms with E-state index in [4.69, 9.17) is 5.73 Å². The number of benzene rings is 1. The second-order valence-electron chi connectivity index (χ2n) is 9.92. The Morgan fingerprint density at radius 3 is 2.73 bits per heavy atom. The predicted molar refractivity (Wildman–Crippen MR) is 139 cm³/mol. The maximum atomic E-state index is 12.2. The van der Waals surface area contributed by atoms with E-state index >= 15 is 0 Å². The molecular formula is C27H27N7O3. The molecule has 10 heteroatoms. The van der Waals surface area contributed by atoms with Crippen LogP contribution in [0.15, 0.2) is 49.1 Å². The summed E-state index contributed by atoms with van der Waals surface area (Å²) in [5.74, 6) is 5.97. The van der Waals surface area contributed by atoms with Crippen molar-refractivity contribution in [3.8, 4) is 34.4 Å². The van der Waals surface area contributed by atoms with Crippen molar-refractivity contribution in [3.63, 3.8) is 0 Å². The van der Waals surface area contributed by atoms with E-state index < -0.39 is 17.1 Å². The number of hydrogen-bond acceptors (Lipinski definition) is 8. The molecule has 1 aromatic carbocycles. The first-order valence-corrected chi connectivity index (χ1v) is 11.8. The molecule has 188 valence electrons. The molecule has 4 aromatic rings. The van der Waals surface area contributed by atoms with Crippen LogP contribution in [-0.2, 0) is 11.3 Å². The van der Waals surface area contributed by atoms with Gasteiger partial charge in [0.1, 0.15) is 11.3 Å². The number of rotatable bonds is 4. The molecule has 1 aliphatic rings. The second-order valence-corrected chi connectivity index (χ2v) is 9.92. The number of aromatic nitrogens is 5. The van der Waals surface area contributed by atoms with Crippen LogP contribution in [-0.4, -0.2) is 70.5 Å². The lowest BCUT2D eigenvalue weighted by atomic mass is 10.0. The standard InChI is InChI=1S/C27H27N7O3/c1-26(2,36)16-34-15-19(12-31-34)20-13-29-23(28)22-21(20)14-30-24(32-22)18-6-4-5-17(11-18)7-8-27(37)9-10-33(3)25(27)35/h4-6,11-15,36-37H,9-10,16H2,1-3H3,(H2,28,29). The van der Waals surface area contributed by atoms with Gasteiger partial charge in [-0.25, -0.2) is 15.0 Å². The minimum atomic E-state index is -1.67. The summed E-state index contributed by atoms with van der Waals surface area (Å²) in [4.78, 5) is 27.3. The number of nitrogens with zero attached hydrogens (tertiary/aromatic N) is 6. The van der Waals surface area contributed by atoms with Gasteiger partial charge in [0.05, 0.1) is 18.3 Å². The lowest BCUT2D eigenvalue weighted by Crippen LogP contribution is -2.37. The molecule has 3 aromatic heterocycles. The molecule has 4 heterocycles. The molecule has 0 aliphatic carbocycles. The van der Waals surface area contributed by atoms with E-state index in [1.807, 2.05) is 18.3 Å². The Kier molecular flexibility index (Phi) is 5.90. The molecule has 0 bridgehead atoms. The van der Waals surface area contributed by atoms with Gasteiger partial charge in [-0.2, -0.15) is 5.10 Å². The minimum absolute atomic E-state index is 0.272. The van der Waals surface area contributed by atoms with Gasteiger partial charge in [0.25, 0.3) is 5.91 Å². The van der Waals surface area contributed by atoms with Gasteiger partial charge in [0.15, 0.2) is 5.82 Å². The van der Waals surface area contributed by atoms with Crippen molar-refractivity contribution in [2.75, 3.05) is 19.3 Å². The summed E-state index contributed by atoms with van der Waals surface area (Å²) in [5, 5.41) is 25.7. The van der Waals surface area contributed by atoms with Gasteiger partial charge in [-0.15, -0.1) is 0 Å². The SMILES string of the molecule is CN1CCC(O)(C#Cc2cccc(-c3ncc4c(-c5cnn(CC(C)(C)O)c5)cnc(N)c4n3)c2)C1=O. The number of anilines is 1. The van der Waals surface area contributed by atoms with Crippen molar-refractivity contribution >= 4 is 22.6 Å². The highest BCUT2D eigenvalue weighted by molar-refractivity contribution is 5.98. The molecule has 0 radical (unpaired) electrons. The van der Waals surface area contributed by atoms with Gasteiger partial charge < -0.3 is 20.8 Å². The van der Waals surface area contributed by atoms with Crippen molar-refractivity contribution in [2.45, 2.75) is 38.0 Å². The van der Waals surface area contributed by atoms with Crippen LogP contribution in [0.5, 0.6) is 0 Å². The molecule has 37 heavy (non-hydrogen) atoms. The number of pyridine rings is 1. The number of fused-ring (bicyclic) bond motifs is 1. The monoisotopic (exact) mass is 497 g/mol. The summed E-state index contributed by atoms with van der Waals surface area (Å²) in [6, 6.07) is 7.26. The number of likely N-dealkylation sites (N-methyl/N-ethyl adjacent to an activating group) is 1. The van der Waals surface area contributed by atoms with Crippen molar-refractivity contribution < 1.29 is 15.0 Å². The number of nitrogen functional groups attached to an aromatic ring is 1. The molecule has 1 unspecified atom stereocenters. The molecule has 1 aliphatic heterocycles. The molecular weight excluding hydrogens is 470 g/mol. The van der Waals surface area contributed by atoms with Gasteiger partial charge in [-0.3, -0.25) is 9.48 Å². The third kappa shape index (κ3) is 4.87. The highest BCUT2D eigenvalue weighted by Gasteiger charge is 2.42. The third-order valence-corrected chi connectivity index (χ3v) is 6.19. The van der Waals surface area contributed by atoms with Gasteiger partial charge in [0, 0.05) is 66.2 Å². The fraction of sp³-hybridized carbons (Fsp3) is 0.296. The average molecular weight is 498 g/mol. The summed E-state index contributed by atoms with van der Waals surface area (Å²) in [6.07, 6.45) is 7.17. The van der Waals surface area contributed by atoms with Crippen LogP contribution in [0.4, 0.5) is 5.82 Å². The number of aliphatic hydroxyl groups is 2. The van der Waals surface area contributed by atoms with E-state index in [0.717, 1.165) is 16.5 Å². The van der Waals surface area contributed by atoms with Crippen LogP contribution in [0.3, 0.4) is 0 Å². The molecule has 0 saturated carbocycles. The summed E-state index contributed by atoms with van der Waals surface area (Å²) in [6.45, 7) is 4.25. The number of carbonyl (C=O) groups excluding carboxylic acids is 1. The third-order valence-electron chi connectivity index (χ3n) is 6.19. The van der Waals surface area contributed by atoms with Crippen molar-refractivity contribution in [3.05, 3.63) is 54.6 Å². The summed E-state index contributed by atoms with van der Waals surface area (Å²) >= 11 is 0. The van der Waals surface area contributed by atoms with Crippen molar-refractivity contribution in [1.29, 1.82) is 0 Å². The van der Waals surface area contributed by atoms with Crippen molar-refractivity contribution in [1.82, 2.24) is 29.6 Å². The lowest BCUT2D eigenvalue weighted by Gasteiger charge is -2.16. The van der Waals surface area contributed by atoms with Gasteiger partial charge in [0.2, 0.25) is 5.60 Å². The molecule has 1 atom stereocenters. The Bertz CT molecular complexity index is 1580. The zero-order valence-corrected chi connectivity index (χ0v) is 20.8. The van der Waals surface area contributed by atoms with E-state index in [2.05, 4.69) is 31.9 Å². The van der Waals surface area contributed by atoms with E-state index in [1.165, 1.54) is 4.90 Å². The Morgan fingerprint density at radius 1 is 1.19 bits per heavy atom. The van der Waals surface area contributed by atoms with E-state index in [0.29, 0.717) is 35.6 Å². The molecule has 10 nitrogen and oxygen atoms in total. The quantitative estimate of drug-likeness (QED) is 0.363. The van der Waals surface area contributed by atoms with Crippen LogP contribution in [0.25, 0.3) is 33.4 Å². The highest BCUT2D eigenvalue weighted by atomic mass is 16.3. The first-order chi connectivity index (χ1) is 17.5. The number of likely N-dealkylation sites (tertiary alicyclic amines) is 1. The zero-order chi connectivity index (χ0) is 26.4. The van der Waals surface area contributed by atoms with E-state index in [1.54, 1.807) is 56.3 Å². The average Bonchev–Trinajstić information content (AvgIpc) is 3.42. The fourth-order valence-electron chi connectivity index (χ4n) is 4.27. The highest BCUT2D eigenvalue weighted by Crippen LogP contribution is 2.30. The first-order valence-electron chi connectivity index (χ1n) is 11.8. The number of nitrogens with two attached hydrogens (primary N) is 1. The molecule has 5 rings (SSSR count). The van der Waals surface area contributed by atoms with Crippen molar-refractivity contribution in [2.24, 2.45) is 0 Å². The van der Waals surface area contributed by atoms with Crippen LogP contribution in [0, 0.1) is 11.8 Å². The summed E-state index contributed by atoms with van der Waals surface area (Å²) in [7, 11) is 1.65. The first kappa shape index (κ1) is 24.4.